The Balaban J connectivity index is 1.64. The van der Waals surface area contributed by atoms with Crippen LogP contribution in [0.15, 0.2) is 23.4 Å². The number of anilines is 2. The number of oxime groups is 1. The van der Waals surface area contributed by atoms with E-state index >= 15 is 0 Å². The van der Waals surface area contributed by atoms with Crippen LogP contribution in [0.5, 0.6) is 0 Å². The fourth-order valence-corrected chi connectivity index (χ4v) is 3.38. The molecule has 0 radical (unpaired) electrons. The van der Waals surface area contributed by atoms with Crippen LogP contribution >= 0.6 is 0 Å². The summed E-state index contributed by atoms with van der Waals surface area (Å²) in [4.78, 5) is 32.6. The summed E-state index contributed by atoms with van der Waals surface area (Å²) in [7, 11) is 3.48. The third-order valence-corrected chi connectivity index (χ3v) is 4.68. The average Bonchev–Trinajstić information content (AvgIpc) is 3.01. The number of rotatable bonds is 4. The smallest absolute Gasteiger partial charge is 0.414 e. The highest BCUT2D eigenvalue weighted by molar-refractivity contribution is 6.00. The number of ether oxygens (including phenoxy) is 2. The number of fused-ring (bicyclic) bond motifs is 1. The summed E-state index contributed by atoms with van der Waals surface area (Å²) < 4.78 is 10.6. The van der Waals surface area contributed by atoms with Gasteiger partial charge in [0.1, 0.15) is 24.7 Å². The summed E-state index contributed by atoms with van der Waals surface area (Å²) in [6.45, 7) is 5.94. The summed E-state index contributed by atoms with van der Waals surface area (Å²) in [6.07, 6.45) is 0.175. The lowest BCUT2D eigenvalue weighted by molar-refractivity contribution is 0.0496. The molecule has 2 amide bonds. The molecule has 0 spiro atoms. The Morgan fingerprint density at radius 2 is 2.10 bits per heavy atom. The largest absolute Gasteiger partial charge is 0.444 e. The van der Waals surface area contributed by atoms with Crippen LogP contribution in [0, 0.1) is 0 Å². The summed E-state index contributed by atoms with van der Waals surface area (Å²) in [5.74, 6) is 0.863. The Morgan fingerprint density at radius 1 is 1.34 bits per heavy atom. The van der Waals surface area contributed by atoms with Gasteiger partial charge in [0.2, 0.25) is 0 Å². The van der Waals surface area contributed by atoms with Gasteiger partial charge in [-0.25, -0.2) is 9.59 Å². The van der Waals surface area contributed by atoms with Crippen molar-refractivity contribution in [3.63, 3.8) is 0 Å². The Morgan fingerprint density at radius 3 is 2.79 bits per heavy atom. The van der Waals surface area contributed by atoms with Crippen LogP contribution in [0.2, 0.25) is 0 Å². The zero-order chi connectivity index (χ0) is 21.2. The normalized spacial score (nSPS) is 20.4. The molecular formula is C20H28N4O5. The van der Waals surface area contributed by atoms with E-state index in [4.69, 9.17) is 14.3 Å². The second-order valence-electron chi connectivity index (χ2n) is 8.06. The van der Waals surface area contributed by atoms with Gasteiger partial charge in [-0.3, -0.25) is 4.90 Å². The molecule has 2 heterocycles. The number of carbonyl (C=O) groups is 2. The number of benzene rings is 1. The van der Waals surface area contributed by atoms with Gasteiger partial charge < -0.3 is 24.5 Å². The lowest BCUT2D eigenvalue weighted by Crippen LogP contribution is -2.38. The van der Waals surface area contributed by atoms with Crippen molar-refractivity contribution in [2.75, 3.05) is 37.0 Å². The summed E-state index contributed by atoms with van der Waals surface area (Å²) in [5, 5.41) is 6.70. The molecule has 1 N–H and O–H groups in total. The zero-order valence-electron chi connectivity index (χ0n) is 17.5. The lowest BCUT2D eigenvalue weighted by atomic mass is 10.0. The van der Waals surface area contributed by atoms with Crippen molar-refractivity contribution in [3.8, 4) is 0 Å². The highest BCUT2D eigenvalue weighted by atomic mass is 16.6. The van der Waals surface area contributed by atoms with Crippen molar-refractivity contribution < 1.29 is 23.9 Å². The number of hydrogen-bond acceptors (Lipinski definition) is 6. The van der Waals surface area contributed by atoms with Crippen molar-refractivity contribution in [2.24, 2.45) is 5.16 Å². The van der Waals surface area contributed by atoms with Gasteiger partial charge in [-0.05, 0) is 51.0 Å². The molecule has 0 aromatic heterocycles. The molecular weight excluding hydrogens is 376 g/mol. The average molecular weight is 404 g/mol. The number of amides is 2. The minimum absolute atomic E-state index is 0.196. The molecule has 2 aliphatic heterocycles. The van der Waals surface area contributed by atoms with Crippen LogP contribution in [0.25, 0.3) is 0 Å². The van der Waals surface area contributed by atoms with Crippen molar-refractivity contribution in [2.45, 2.75) is 45.3 Å². The molecule has 9 nitrogen and oxygen atoms in total. The topological polar surface area (TPSA) is 92.7 Å². The molecule has 158 valence electrons. The van der Waals surface area contributed by atoms with Gasteiger partial charge in [0.25, 0.3) is 0 Å². The van der Waals surface area contributed by atoms with Gasteiger partial charge >= 0.3 is 12.2 Å². The number of carbonyl (C=O) groups excluding carboxylic acids is 2. The highest BCUT2D eigenvalue weighted by Gasteiger charge is 2.33. The van der Waals surface area contributed by atoms with Gasteiger partial charge in [0.05, 0.1) is 13.1 Å². The predicted molar refractivity (Wildman–Crippen MR) is 109 cm³/mol. The Labute approximate surface area is 170 Å². The van der Waals surface area contributed by atoms with Gasteiger partial charge in [-0.15, -0.1) is 0 Å². The third kappa shape index (κ3) is 4.90. The molecule has 1 fully saturated rings. The van der Waals surface area contributed by atoms with Crippen LogP contribution in [0.4, 0.5) is 21.0 Å². The molecule has 1 aromatic carbocycles. The molecule has 2 aliphatic rings. The fourth-order valence-electron chi connectivity index (χ4n) is 3.38. The van der Waals surface area contributed by atoms with E-state index in [1.165, 1.54) is 7.11 Å². The molecule has 0 unspecified atom stereocenters. The van der Waals surface area contributed by atoms with E-state index in [2.05, 4.69) is 10.5 Å². The quantitative estimate of drug-likeness (QED) is 0.776. The molecule has 0 bridgehead atoms. The van der Waals surface area contributed by atoms with Crippen molar-refractivity contribution in [3.05, 3.63) is 23.8 Å². The summed E-state index contributed by atoms with van der Waals surface area (Å²) >= 11 is 0. The van der Waals surface area contributed by atoms with E-state index in [1.807, 2.05) is 30.1 Å². The summed E-state index contributed by atoms with van der Waals surface area (Å²) in [5.41, 5.74) is 2.36. The zero-order valence-corrected chi connectivity index (χ0v) is 17.5. The predicted octanol–water partition coefficient (Wildman–Crippen LogP) is 2.88. The second kappa shape index (κ2) is 8.18. The van der Waals surface area contributed by atoms with E-state index in [0.29, 0.717) is 6.54 Å². The van der Waals surface area contributed by atoms with E-state index in [-0.39, 0.29) is 6.54 Å². The van der Waals surface area contributed by atoms with E-state index in [1.54, 1.807) is 25.7 Å². The van der Waals surface area contributed by atoms with Crippen LogP contribution in [-0.4, -0.2) is 57.0 Å². The first-order valence-corrected chi connectivity index (χ1v) is 9.59. The maximum absolute atomic E-state index is 12.3. The SMILES string of the molecule is CON=C1CCc2cc(N3C[C@H](CNC(=O)OC(C)(C)C)OC3=O)ccc2N1C. The summed E-state index contributed by atoms with van der Waals surface area (Å²) in [6, 6.07) is 5.85. The highest BCUT2D eigenvalue weighted by Crippen LogP contribution is 2.32. The number of aryl methyl sites for hydroxylation is 1. The van der Waals surface area contributed by atoms with Crippen LogP contribution in [0.3, 0.4) is 0 Å². The molecule has 1 aromatic rings. The van der Waals surface area contributed by atoms with Gasteiger partial charge in [0.15, 0.2) is 0 Å². The van der Waals surface area contributed by atoms with Crippen molar-refractivity contribution in [1.82, 2.24) is 5.32 Å². The first-order chi connectivity index (χ1) is 13.7. The third-order valence-electron chi connectivity index (χ3n) is 4.68. The Kier molecular flexibility index (Phi) is 5.86. The minimum Gasteiger partial charge on any atom is -0.444 e. The van der Waals surface area contributed by atoms with Gasteiger partial charge in [0, 0.05) is 24.8 Å². The van der Waals surface area contributed by atoms with Crippen LogP contribution in [0.1, 0.15) is 32.8 Å². The number of hydrogen-bond donors (Lipinski definition) is 1. The number of alkyl carbamates (subject to hydrolysis) is 1. The van der Waals surface area contributed by atoms with E-state index in [9.17, 15) is 9.59 Å². The number of nitrogens with zero attached hydrogens (tertiary/aromatic N) is 3. The van der Waals surface area contributed by atoms with Gasteiger partial charge in [-0.1, -0.05) is 5.16 Å². The molecule has 1 saturated heterocycles. The van der Waals surface area contributed by atoms with Crippen molar-refractivity contribution >= 4 is 29.4 Å². The van der Waals surface area contributed by atoms with E-state index < -0.39 is 23.9 Å². The number of amidine groups is 1. The monoisotopic (exact) mass is 404 g/mol. The van der Waals surface area contributed by atoms with Crippen LogP contribution in [-0.2, 0) is 20.7 Å². The maximum atomic E-state index is 12.3. The maximum Gasteiger partial charge on any atom is 0.414 e. The minimum atomic E-state index is -0.577. The fraction of sp³-hybridized carbons (Fsp3) is 0.550. The van der Waals surface area contributed by atoms with Crippen molar-refractivity contribution in [1.29, 1.82) is 0 Å². The molecule has 3 rings (SSSR count). The van der Waals surface area contributed by atoms with Gasteiger partial charge in [-0.2, -0.15) is 0 Å². The number of cyclic esters (lactones) is 1. The lowest BCUT2D eigenvalue weighted by Gasteiger charge is -2.29. The van der Waals surface area contributed by atoms with E-state index in [0.717, 1.165) is 35.6 Å². The molecule has 29 heavy (non-hydrogen) atoms. The molecule has 0 saturated carbocycles. The molecule has 0 aliphatic carbocycles. The molecule has 9 heteroatoms. The van der Waals surface area contributed by atoms with Crippen LogP contribution < -0.4 is 15.1 Å². The first kappa shape index (κ1) is 20.8. The Bertz CT molecular complexity index is 818. The standard InChI is InChI=1S/C20H28N4O5/c1-20(2,3)29-18(25)21-11-15-12-24(19(26)28-15)14-7-8-16-13(10-14)6-9-17(22-27-5)23(16)4/h7-8,10,15H,6,9,11-12H2,1-5H3,(H,21,25)/t15-/m0/s1. The molecule has 1 atom stereocenters. The number of nitrogens with one attached hydrogen (secondary N) is 1. The second-order valence-corrected chi connectivity index (χ2v) is 8.06. The Hall–Kier alpha value is -2.97. The first-order valence-electron chi connectivity index (χ1n) is 9.59.